The zero-order valence-corrected chi connectivity index (χ0v) is 18.7. The molecule has 4 aliphatic carbocycles. The lowest BCUT2D eigenvalue weighted by Gasteiger charge is -2.59. The lowest BCUT2D eigenvalue weighted by atomic mass is 9.48. The van der Waals surface area contributed by atoms with Gasteiger partial charge in [-0.25, -0.2) is 9.48 Å². The van der Waals surface area contributed by atoms with Gasteiger partial charge in [0.05, 0.1) is 41.7 Å². The summed E-state index contributed by atoms with van der Waals surface area (Å²) in [4.78, 5) is 37.0. The van der Waals surface area contributed by atoms with Gasteiger partial charge in [0.1, 0.15) is 10.8 Å². The van der Waals surface area contributed by atoms with Crippen LogP contribution in [0.25, 0.3) is 0 Å². The smallest absolute Gasteiger partial charge is 0.335 e. The molecule has 1 aromatic heterocycles. The number of benzene rings is 1. The van der Waals surface area contributed by atoms with Gasteiger partial charge in [-0.05, 0) is 68.1 Å². The molecule has 3 atom stereocenters. The second-order valence-corrected chi connectivity index (χ2v) is 9.84. The first-order valence-corrected chi connectivity index (χ1v) is 11.3. The molecule has 6 rings (SSSR count). The number of ether oxygens (including phenoxy) is 1. The molecular formula is C23H24ClN3O6. The van der Waals surface area contributed by atoms with Crippen LogP contribution in [0.15, 0.2) is 29.2 Å². The first-order valence-electron chi connectivity index (χ1n) is 10.9. The van der Waals surface area contributed by atoms with Gasteiger partial charge in [0.2, 0.25) is 0 Å². The van der Waals surface area contributed by atoms with E-state index < -0.39 is 29.0 Å². The van der Waals surface area contributed by atoms with Crippen molar-refractivity contribution in [2.45, 2.75) is 37.6 Å². The fourth-order valence-electron chi connectivity index (χ4n) is 6.65. The van der Waals surface area contributed by atoms with Gasteiger partial charge < -0.3 is 20.3 Å². The average Bonchev–Trinajstić information content (AvgIpc) is 2.75. The van der Waals surface area contributed by atoms with E-state index in [1.54, 1.807) is 0 Å². The molecule has 0 aliphatic heterocycles. The quantitative estimate of drug-likeness (QED) is 0.580. The Morgan fingerprint density at radius 1 is 1.18 bits per heavy atom. The summed E-state index contributed by atoms with van der Waals surface area (Å²) < 4.78 is 6.60. The maximum absolute atomic E-state index is 13.4. The lowest BCUT2D eigenvalue weighted by Crippen LogP contribution is -2.63. The largest absolute Gasteiger partial charge is 0.495 e. The predicted molar refractivity (Wildman–Crippen MR) is 119 cm³/mol. The number of hydrogen-bond donors (Lipinski definition) is 3. The van der Waals surface area contributed by atoms with Crippen molar-refractivity contribution in [2.24, 2.45) is 23.7 Å². The lowest BCUT2D eigenvalue weighted by molar-refractivity contribution is -0.168. The molecule has 4 saturated carbocycles. The fraction of sp³-hybridized carbons (Fsp3) is 0.478. The fourth-order valence-corrected chi connectivity index (χ4v) is 6.83. The van der Waals surface area contributed by atoms with Crippen molar-refractivity contribution in [1.82, 2.24) is 9.78 Å². The van der Waals surface area contributed by atoms with E-state index >= 15 is 0 Å². The Kier molecular flexibility index (Phi) is 5.12. The maximum Gasteiger partial charge on any atom is 0.335 e. The van der Waals surface area contributed by atoms with Gasteiger partial charge >= 0.3 is 11.9 Å². The van der Waals surface area contributed by atoms with Gasteiger partial charge in [-0.2, -0.15) is 5.10 Å². The summed E-state index contributed by atoms with van der Waals surface area (Å²) in [6.45, 7) is 0. The number of anilines is 2. The Hall–Kier alpha value is -3.07. The van der Waals surface area contributed by atoms with Crippen molar-refractivity contribution in [3.63, 3.8) is 0 Å². The molecule has 4 aliphatic rings. The first-order chi connectivity index (χ1) is 15.7. The number of halogens is 1. The maximum atomic E-state index is 13.4. The van der Waals surface area contributed by atoms with Crippen LogP contribution in [0.4, 0.5) is 11.4 Å². The van der Waals surface area contributed by atoms with Crippen molar-refractivity contribution in [3.8, 4) is 5.75 Å². The van der Waals surface area contributed by atoms with E-state index in [0.717, 1.165) is 19.3 Å². The molecule has 0 radical (unpaired) electrons. The van der Waals surface area contributed by atoms with Crippen molar-refractivity contribution in [1.29, 1.82) is 0 Å². The number of carboxylic acid groups (broad SMARTS) is 2. The van der Waals surface area contributed by atoms with Crippen molar-refractivity contribution in [2.75, 3.05) is 12.4 Å². The van der Waals surface area contributed by atoms with E-state index in [2.05, 4.69) is 10.4 Å². The Morgan fingerprint density at radius 3 is 2.48 bits per heavy atom. The summed E-state index contributed by atoms with van der Waals surface area (Å²) in [5, 5.41) is 26.6. The highest BCUT2D eigenvalue weighted by Crippen LogP contribution is 2.61. The van der Waals surface area contributed by atoms with Crippen LogP contribution >= 0.6 is 11.6 Å². The van der Waals surface area contributed by atoms with Crippen molar-refractivity contribution in [3.05, 3.63) is 45.3 Å². The Bertz CT molecular complexity index is 1200. The number of nitrogens with one attached hydrogen (secondary N) is 1. The molecule has 4 bridgehead atoms. The van der Waals surface area contributed by atoms with Crippen LogP contribution in [-0.4, -0.2) is 39.0 Å². The van der Waals surface area contributed by atoms with E-state index in [-0.39, 0.29) is 22.2 Å². The molecule has 1 heterocycles. The number of nitrogens with zero attached hydrogens (tertiary/aromatic N) is 2. The third-order valence-corrected chi connectivity index (χ3v) is 7.96. The number of methoxy groups -OCH3 is 1. The third-order valence-electron chi connectivity index (χ3n) is 7.60. The second-order valence-electron chi connectivity index (χ2n) is 9.46. The number of hydrogen-bond acceptors (Lipinski definition) is 6. The predicted octanol–water partition coefficient (Wildman–Crippen LogP) is 3.58. The van der Waals surface area contributed by atoms with Crippen LogP contribution < -0.4 is 15.6 Å². The van der Waals surface area contributed by atoms with E-state index in [4.69, 9.17) is 16.3 Å². The number of aromatic nitrogens is 2. The molecule has 0 saturated heterocycles. The van der Waals surface area contributed by atoms with Crippen LogP contribution in [0.1, 0.15) is 42.5 Å². The highest BCUT2D eigenvalue weighted by Gasteiger charge is 2.61. The van der Waals surface area contributed by atoms with Crippen molar-refractivity contribution < 1.29 is 24.5 Å². The van der Waals surface area contributed by atoms with Gasteiger partial charge in [-0.3, -0.25) is 9.59 Å². The molecule has 2 aromatic rings. The Morgan fingerprint density at radius 2 is 1.88 bits per heavy atom. The minimum Gasteiger partial charge on any atom is -0.495 e. The summed E-state index contributed by atoms with van der Waals surface area (Å²) in [5.41, 5.74) is -0.885. The third kappa shape index (κ3) is 3.37. The number of aromatic carboxylic acids is 1. The molecule has 0 amide bonds. The number of carboxylic acids is 2. The normalized spacial score (nSPS) is 29.6. The number of carbonyl (C=O) groups is 2. The molecule has 0 unspecified atom stereocenters. The van der Waals surface area contributed by atoms with E-state index in [0.29, 0.717) is 36.1 Å². The molecule has 0 spiro atoms. The standard InChI is InChI=1S/C23H24ClN3O6/c1-33-17-3-2-13(21(29)30)7-15(17)26-16-10-25-27(20(28)19(16)24)23-8-11-4-12(9-23)6-14(5-11)18(23)22(31)32/h2-3,7,10-12,14,18,26H,4-6,8-9H2,1H3,(H,29,30)(H,31,32)/t11-,12-,14?,18-,23?/m1/s1. The molecule has 10 heteroatoms. The summed E-state index contributed by atoms with van der Waals surface area (Å²) in [6, 6.07) is 4.28. The van der Waals surface area contributed by atoms with Gasteiger partial charge in [0.25, 0.3) is 5.56 Å². The van der Waals surface area contributed by atoms with Crippen LogP contribution in [0, 0.1) is 23.7 Å². The van der Waals surface area contributed by atoms with Crippen LogP contribution in [0.5, 0.6) is 5.75 Å². The van der Waals surface area contributed by atoms with Crippen LogP contribution in [-0.2, 0) is 10.3 Å². The van der Waals surface area contributed by atoms with Gasteiger partial charge in [-0.15, -0.1) is 0 Å². The number of aliphatic carboxylic acids is 1. The molecule has 33 heavy (non-hydrogen) atoms. The van der Waals surface area contributed by atoms with Crippen LogP contribution in [0.2, 0.25) is 5.02 Å². The van der Waals surface area contributed by atoms with Crippen LogP contribution in [0.3, 0.4) is 0 Å². The average molecular weight is 474 g/mol. The van der Waals surface area contributed by atoms with Crippen molar-refractivity contribution >= 4 is 34.9 Å². The summed E-state index contributed by atoms with van der Waals surface area (Å²) in [6.07, 6.45) is 5.47. The van der Waals surface area contributed by atoms with E-state index in [9.17, 15) is 24.6 Å². The highest BCUT2D eigenvalue weighted by molar-refractivity contribution is 6.33. The van der Waals surface area contributed by atoms with Gasteiger partial charge in [0, 0.05) is 0 Å². The van der Waals surface area contributed by atoms with E-state index in [1.807, 2.05) is 0 Å². The highest BCUT2D eigenvalue weighted by atomic mass is 35.5. The SMILES string of the molecule is COc1ccc(C(=O)O)cc1Nc1cnn(C23C[C@H]4CC(C[C@@H](C4)C2)[C@@H]3C(=O)O)c(=O)c1Cl. The Balaban J connectivity index is 1.55. The molecule has 1 aromatic carbocycles. The molecule has 3 N–H and O–H groups in total. The Labute approximate surface area is 194 Å². The van der Waals surface area contributed by atoms with Gasteiger partial charge in [-0.1, -0.05) is 11.6 Å². The minimum atomic E-state index is -1.11. The zero-order valence-electron chi connectivity index (χ0n) is 18.0. The monoisotopic (exact) mass is 473 g/mol. The second kappa shape index (κ2) is 7.76. The first kappa shape index (κ1) is 21.8. The van der Waals surface area contributed by atoms with E-state index in [1.165, 1.54) is 36.2 Å². The molecule has 4 fully saturated rings. The summed E-state index contributed by atoms with van der Waals surface area (Å²) >= 11 is 6.47. The topological polar surface area (TPSA) is 131 Å². The number of rotatable bonds is 6. The minimum absolute atomic E-state index is 0.0357. The molecular weight excluding hydrogens is 450 g/mol. The zero-order chi connectivity index (χ0) is 23.5. The summed E-state index contributed by atoms with van der Waals surface area (Å²) in [7, 11) is 1.44. The summed E-state index contributed by atoms with van der Waals surface area (Å²) in [5.74, 6) is -1.47. The molecule has 174 valence electrons. The molecule has 9 nitrogen and oxygen atoms in total. The van der Waals surface area contributed by atoms with Gasteiger partial charge in [0.15, 0.2) is 0 Å².